The second-order valence-electron chi connectivity index (χ2n) is 9.21. The van der Waals surface area contributed by atoms with Crippen LogP contribution in [0.5, 0.6) is 5.75 Å². The summed E-state index contributed by atoms with van der Waals surface area (Å²) in [6.45, 7) is 4.63. The molecule has 37 heavy (non-hydrogen) atoms. The number of thiazole rings is 1. The van der Waals surface area contributed by atoms with E-state index in [1.807, 2.05) is 26.0 Å². The number of sulfonamides is 1. The molecular formula is C27H29N3O5S2. The molecule has 1 fully saturated rings. The highest BCUT2D eigenvalue weighted by molar-refractivity contribution is 7.89. The van der Waals surface area contributed by atoms with Crippen LogP contribution in [0.15, 0.2) is 64.1 Å². The van der Waals surface area contributed by atoms with E-state index in [9.17, 15) is 13.2 Å². The number of furan rings is 1. The summed E-state index contributed by atoms with van der Waals surface area (Å²) in [7, 11) is -2.04. The van der Waals surface area contributed by atoms with Crippen LogP contribution < -0.4 is 9.64 Å². The number of amides is 1. The molecule has 0 N–H and O–H groups in total. The molecule has 0 spiro atoms. The molecular weight excluding hydrogens is 510 g/mol. The van der Waals surface area contributed by atoms with Gasteiger partial charge >= 0.3 is 0 Å². The number of aryl methyl sites for hydroxylation is 1. The Bertz CT molecular complexity index is 1510. The summed E-state index contributed by atoms with van der Waals surface area (Å²) < 4.78 is 40.0. The predicted octanol–water partition coefficient (Wildman–Crippen LogP) is 5.62. The van der Waals surface area contributed by atoms with Gasteiger partial charge in [0.05, 0.1) is 29.5 Å². The zero-order valence-electron chi connectivity index (χ0n) is 21.0. The van der Waals surface area contributed by atoms with Gasteiger partial charge in [0.15, 0.2) is 5.13 Å². The number of nitrogens with zero attached hydrogens (tertiary/aromatic N) is 3. The lowest BCUT2D eigenvalue weighted by Crippen LogP contribution is -2.41. The molecule has 0 bridgehead atoms. The lowest BCUT2D eigenvalue weighted by Gasteiger charge is -2.32. The Kier molecular flexibility index (Phi) is 7.06. The van der Waals surface area contributed by atoms with Gasteiger partial charge in [0.25, 0.3) is 5.91 Å². The molecule has 2 aromatic carbocycles. The second kappa shape index (κ2) is 10.3. The number of methoxy groups -OCH3 is 1. The Morgan fingerprint density at radius 1 is 1.19 bits per heavy atom. The van der Waals surface area contributed by atoms with Gasteiger partial charge < -0.3 is 9.15 Å². The van der Waals surface area contributed by atoms with Gasteiger partial charge in [0.2, 0.25) is 10.0 Å². The molecule has 8 nitrogen and oxygen atoms in total. The topological polar surface area (TPSA) is 92.9 Å². The molecule has 2 aromatic heterocycles. The minimum atomic E-state index is -3.63. The molecule has 3 heterocycles. The number of piperidine rings is 1. The first-order chi connectivity index (χ1) is 17.8. The van der Waals surface area contributed by atoms with Crippen molar-refractivity contribution in [2.24, 2.45) is 0 Å². The average molecular weight is 540 g/mol. The SMILES string of the molecule is COc1ccc(C)c2sc(N(Cc3ccco3)C(=O)c3ccc(S(=O)(=O)N4CCCCC4C)cc3)nc12. The molecule has 10 heteroatoms. The summed E-state index contributed by atoms with van der Waals surface area (Å²) >= 11 is 1.40. The number of carbonyl (C=O) groups is 1. The minimum absolute atomic E-state index is 0.0386. The van der Waals surface area contributed by atoms with Crippen LogP contribution in [0.1, 0.15) is 47.9 Å². The van der Waals surface area contributed by atoms with Gasteiger partial charge in [0.1, 0.15) is 17.0 Å². The molecule has 4 aromatic rings. The molecule has 1 aliphatic rings. The molecule has 1 unspecified atom stereocenters. The Morgan fingerprint density at radius 2 is 1.97 bits per heavy atom. The molecule has 0 radical (unpaired) electrons. The van der Waals surface area contributed by atoms with Crippen molar-refractivity contribution in [2.45, 2.75) is 50.6 Å². The van der Waals surface area contributed by atoms with Crippen molar-refractivity contribution in [3.05, 3.63) is 71.7 Å². The van der Waals surface area contributed by atoms with Crippen LogP contribution in [-0.2, 0) is 16.6 Å². The van der Waals surface area contributed by atoms with Crippen molar-refractivity contribution in [1.82, 2.24) is 9.29 Å². The summed E-state index contributed by atoms with van der Waals surface area (Å²) in [5, 5.41) is 0.503. The maximum atomic E-state index is 13.8. The number of ether oxygens (including phenoxy) is 1. The summed E-state index contributed by atoms with van der Waals surface area (Å²) in [5.41, 5.74) is 2.09. The van der Waals surface area contributed by atoms with Crippen molar-refractivity contribution in [3.63, 3.8) is 0 Å². The monoisotopic (exact) mass is 539 g/mol. The molecule has 1 atom stereocenters. The van der Waals surface area contributed by atoms with E-state index in [2.05, 4.69) is 0 Å². The van der Waals surface area contributed by atoms with Crippen LogP contribution in [0.3, 0.4) is 0 Å². The van der Waals surface area contributed by atoms with Crippen molar-refractivity contribution in [3.8, 4) is 5.75 Å². The Labute approximate surface area is 220 Å². The molecule has 194 valence electrons. The van der Waals surface area contributed by atoms with E-state index < -0.39 is 10.0 Å². The van der Waals surface area contributed by atoms with Gasteiger partial charge in [-0.05, 0) is 74.7 Å². The van der Waals surface area contributed by atoms with Crippen molar-refractivity contribution in [1.29, 1.82) is 0 Å². The van der Waals surface area contributed by atoms with Gasteiger partial charge in [0, 0.05) is 18.2 Å². The molecule has 1 aliphatic heterocycles. The Hall–Kier alpha value is -3.21. The third kappa shape index (κ3) is 4.88. The second-order valence-corrected chi connectivity index (χ2v) is 12.1. The van der Waals surface area contributed by atoms with E-state index in [0.29, 0.717) is 34.3 Å². The highest BCUT2D eigenvalue weighted by Gasteiger charge is 2.31. The third-order valence-electron chi connectivity index (χ3n) is 6.73. The van der Waals surface area contributed by atoms with Crippen LogP contribution in [0, 0.1) is 6.92 Å². The number of benzene rings is 2. The van der Waals surface area contributed by atoms with Crippen molar-refractivity contribution < 1.29 is 22.4 Å². The van der Waals surface area contributed by atoms with Crippen molar-refractivity contribution >= 4 is 42.6 Å². The maximum Gasteiger partial charge on any atom is 0.260 e. The number of hydrogen-bond acceptors (Lipinski definition) is 7. The van der Waals surface area contributed by atoms with Gasteiger partial charge in [-0.25, -0.2) is 13.4 Å². The number of fused-ring (bicyclic) bond motifs is 1. The summed E-state index contributed by atoms with van der Waals surface area (Å²) in [6, 6.07) is 13.5. The van der Waals surface area contributed by atoms with E-state index in [1.165, 1.54) is 23.5 Å². The molecule has 5 rings (SSSR count). The van der Waals surface area contributed by atoms with E-state index in [1.54, 1.807) is 46.8 Å². The number of anilines is 1. The Morgan fingerprint density at radius 3 is 2.65 bits per heavy atom. The number of aromatic nitrogens is 1. The maximum absolute atomic E-state index is 13.8. The van der Waals surface area contributed by atoms with Crippen LogP contribution in [0.25, 0.3) is 10.2 Å². The summed E-state index contributed by atoms with van der Waals surface area (Å²) in [4.78, 5) is 20.3. The van der Waals surface area contributed by atoms with Crippen LogP contribution in [-0.4, -0.2) is 43.3 Å². The largest absolute Gasteiger partial charge is 0.494 e. The fourth-order valence-corrected chi connectivity index (χ4v) is 7.40. The predicted molar refractivity (Wildman–Crippen MR) is 144 cm³/mol. The first kappa shape index (κ1) is 25.4. The molecule has 0 saturated carbocycles. The van der Waals surface area contributed by atoms with E-state index in [-0.39, 0.29) is 23.4 Å². The fourth-order valence-electron chi connectivity index (χ4n) is 4.65. The normalized spacial score (nSPS) is 16.7. The number of carbonyl (C=O) groups excluding carboxylic acids is 1. The first-order valence-electron chi connectivity index (χ1n) is 12.2. The van der Waals surface area contributed by atoms with E-state index in [0.717, 1.165) is 29.5 Å². The summed E-state index contributed by atoms with van der Waals surface area (Å²) in [5.74, 6) is 0.937. The van der Waals surface area contributed by atoms with Gasteiger partial charge in [-0.15, -0.1) is 0 Å². The Balaban J connectivity index is 1.49. The highest BCUT2D eigenvalue weighted by atomic mass is 32.2. The zero-order chi connectivity index (χ0) is 26.2. The lowest BCUT2D eigenvalue weighted by molar-refractivity contribution is 0.0983. The minimum Gasteiger partial charge on any atom is -0.494 e. The average Bonchev–Trinajstić information content (AvgIpc) is 3.58. The van der Waals surface area contributed by atoms with E-state index >= 15 is 0 Å². The number of rotatable bonds is 7. The first-order valence-corrected chi connectivity index (χ1v) is 14.5. The van der Waals surface area contributed by atoms with Crippen LogP contribution in [0.2, 0.25) is 0 Å². The van der Waals surface area contributed by atoms with Gasteiger partial charge in [-0.1, -0.05) is 23.8 Å². The quantitative estimate of drug-likeness (QED) is 0.303. The highest BCUT2D eigenvalue weighted by Crippen LogP contribution is 2.37. The molecule has 0 aliphatic carbocycles. The fraction of sp³-hybridized carbons (Fsp3) is 0.333. The zero-order valence-corrected chi connectivity index (χ0v) is 22.6. The third-order valence-corrected chi connectivity index (χ3v) is 9.97. The molecule has 1 saturated heterocycles. The van der Waals surface area contributed by atoms with Crippen LogP contribution >= 0.6 is 11.3 Å². The van der Waals surface area contributed by atoms with Gasteiger partial charge in [-0.3, -0.25) is 9.69 Å². The van der Waals surface area contributed by atoms with Crippen molar-refractivity contribution in [2.75, 3.05) is 18.6 Å². The smallest absolute Gasteiger partial charge is 0.260 e. The standard InChI is InChI=1S/C27H29N3O5S2/c1-18-9-14-23(34-3)24-25(18)36-27(28-24)29(17-21-8-6-16-35-21)26(31)20-10-12-22(13-11-20)37(32,33)30-15-5-4-7-19(30)2/h6,8-14,16,19H,4-5,7,15,17H2,1-3H3. The molecule has 1 amide bonds. The van der Waals surface area contributed by atoms with Crippen LogP contribution in [0.4, 0.5) is 5.13 Å². The lowest BCUT2D eigenvalue weighted by atomic mass is 10.1. The van der Waals surface area contributed by atoms with E-state index in [4.69, 9.17) is 14.1 Å². The van der Waals surface area contributed by atoms with Gasteiger partial charge in [-0.2, -0.15) is 4.31 Å². The summed E-state index contributed by atoms with van der Waals surface area (Å²) in [6.07, 6.45) is 4.30. The number of hydrogen-bond donors (Lipinski definition) is 0.